The van der Waals surface area contributed by atoms with Gasteiger partial charge in [-0.3, -0.25) is 4.57 Å². The van der Waals surface area contributed by atoms with Crippen molar-refractivity contribution < 1.29 is 9.84 Å². The Morgan fingerprint density at radius 2 is 1.84 bits per heavy atom. The van der Waals surface area contributed by atoms with E-state index in [0.29, 0.717) is 18.7 Å². The topological polar surface area (TPSA) is 67.2 Å². The van der Waals surface area contributed by atoms with Crippen molar-refractivity contribution in [3.63, 3.8) is 0 Å². The molecule has 2 aromatic carbocycles. The number of hydrogen-bond donors (Lipinski definition) is 2. The second-order valence-corrected chi connectivity index (χ2v) is 5.98. The molecule has 1 heterocycles. The van der Waals surface area contributed by atoms with Crippen LogP contribution in [0.1, 0.15) is 31.0 Å². The maximum absolute atomic E-state index is 12.0. The molecule has 0 spiro atoms. The molecule has 2 N–H and O–H groups in total. The van der Waals surface area contributed by atoms with E-state index in [0.717, 1.165) is 29.9 Å². The van der Waals surface area contributed by atoms with Gasteiger partial charge >= 0.3 is 5.69 Å². The van der Waals surface area contributed by atoms with Crippen LogP contribution in [0.15, 0.2) is 59.4 Å². The summed E-state index contributed by atoms with van der Waals surface area (Å²) < 4.78 is 7.22. The third-order valence-electron chi connectivity index (χ3n) is 4.02. The fourth-order valence-electron chi connectivity index (χ4n) is 2.71. The van der Waals surface area contributed by atoms with Crippen LogP contribution in [0.3, 0.4) is 0 Å². The number of unbranched alkanes of at least 4 members (excludes halogenated alkanes) is 1. The van der Waals surface area contributed by atoms with Gasteiger partial charge in [0.2, 0.25) is 5.88 Å². The minimum atomic E-state index is -0.266. The number of imidazole rings is 1. The summed E-state index contributed by atoms with van der Waals surface area (Å²) in [6, 6.07) is 17.2. The molecule has 0 aliphatic heterocycles. The summed E-state index contributed by atoms with van der Waals surface area (Å²) in [6.45, 7) is 2.57. The predicted octanol–water partition coefficient (Wildman–Crippen LogP) is 4.07. The Bertz CT molecular complexity index is 881. The molecule has 0 fully saturated rings. The van der Waals surface area contributed by atoms with Crippen LogP contribution in [0.4, 0.5) is 0 Å². The van der Waals surface area contributed by atoms with Crippen molar-refractivity contribution >= 4 is 0 Å². The average molecular weight is 338 g/mol. The standard InChI is InChI=1S/C20H22N2O3/c1-2-3-12-22-19(23)18(21-20(22)24)14-15-8-7-11-17(13-15)25-16-9-5-4-6-10-16/h4-11,13,23H,2-3,12,14H2,1H3,(H,21,24). The monoisotopic (exact) mass is 338 g/mol. The lowest BCUT2D eigenvalue weighted by atomic mass is 10.1. The summed E-state index contributed by atoms with van der Waals surface area (Å²) in [7, 11) is 0. The summed E-state index contributed by atoms with van der Waals surface area (Å²) >= 11 is 0. The zero-order chi connectivity index (χ0) is 17.6. The minimum Gasteiger partial charge on any atom is -0.493 e. The molecule has 130 valence electrons. The van der Waals surface area contributed by atoms with Crippen LogP contribution in [0, 0.1) is 0 Å². The summed E-state index contributed by atoms with van der Waals surface area (Å²) in [5, 5.41) is 10.3. The van der Waals surface area contributed by atoms with E-state index in [-0.39, 0.29) is 11.6 Å². The van der Waals surface area contributed by atoms with E-state index in [9.17, 15) is 9.90 Å². The zero-order valence-corrected chi connectivity index (χ0v) is 14.2. The number of aromatic nitrogens is 2. The molecule has 0 atom stereocenters. The van der Waals surface area contributed by atoms with E-state index in [1.165, 1.54) is 4.57 Å². The quantitative estimate of drug-likeness (QED) is 0.682. The van der Waals surface area contributed by atoms with E-state index in [4.69, 9.17) is 4.74 Å². The third-order valence-corrected chi connectivity index (χ3v) is 4.02. The zero-order valence-electron chi connectivity index (χ0n) is 14.2. The first-order valence-corrected chi connectivity index (χ1v) is 8.50. The van der Waals surface area contributed by atoms with Crippen molar-refractivity contribution in [1.82, 2.24) is 9.55 Å². The number of rotatable bonds is 7. The van der Waals surface area contributed by atoms with Gasteiger partial charge in [0.05, 0.1) is 5.69 Å². The molecule has 0 radical (unpaired) electrons. The fraction of sp³-hybridized carbons (Fsp3) is 0.250. The Hall–Kier alpha value is -2.95. The summed E-state index contributed by atoms with van der Waals surface area (Å²) in [5.74, 6) is 1.51. The predicted molar refractivity (Wildman–Crippen MR) is 97.4 cm³/mol. The van der Waals surface area contributed by atoms with E-state index < -0.39 is 0 Å². The molecule has 0 bridgehead atoms. The first kappa shape index (κ1) is 16.9. The maximum atomic E-state index is 12.0. The average Bonchev–Trinajstić information content (AvgIpc) is 2.88. The minimum absolute atomic E-state index is 0.0211. The van der Waals surface area contributed by atoms with Gasteiger partial charge in [-0.2, -0.15) is 0 Å². The number of para-hydroxylation sites is 1. The molecule has 0 amide bonds. The molecule has 0 aliphatic carbocycles. The molecule has 3 rings (SSSR count). The fourth-order valence-corrected chi connectivity index (χ4v) is 2.71. The van der Waals surface area contributed by atoms with Gasteiger partial charge in [-0.25, -0.2) is 4.79 Å². The number of nitrogens with one attached hydrogen (secondary N) is 1. The molecule has 3 aromatic rings. The molecule has 0 unspecified atom stereocenters. The smallest absolute Gasteiger partial charge is 0.328 e. The van der Waals surface area contributed by atoms with Crippen molar-refractivity contribution in [2.75, 3.05) is 0 Å². The lowest BCUT2D eigenvalue weighted by Gasteiger charge is -2.07. The normalized spacial score (nSPS) is 10.8. The van der Waals surface area contributed by atoms with E-state index in [2.05, 4.69) is 4.98 Å². The molecule has 25 heavy (non-hydrogen) atoms. The van der Waals surface area contributed by atoms with Crippen LogP contribution in [0.2, 0.25) is 0 Å². The number of nitrogens with zero attached hydrogens (tertiary/aromatic N) is 1. The SMILES string of the molecule is CCCCn1c(O)c(Cc2cccc(Oc3ccccc3)c2)[nH]c1=O. The molecule has 0 saturated carbocycles. The highest BCUT2D eigenvalue weighted by Gasteiger charge is 2.13. The van der Waals surface area contributed by atoms with Crippen LogP contribution < -0.4 is 10.4 Å². The number of H-pyrrole nitrogens is 1. The summed E-state index contributed by atoms with van der Waals surface area (Å²) in [6.07, 6.45) is 2.25. The first-order valence-electron chi connectivity index (χ1n) is 8.50. The second-order valence-electron chi connectivity index (χ2n) is 5.98. The van der Waals surface area contributed by atoms with Crippen LogP contribution in [-0.4, -0.2) is 14.7 Å². The summed E-state index contributed by atoms with van der Waals surface area (Å²) in [4.78, 5) is 14.7. The molecule has 5 nitrogen and oxygen atoms in total. The van der Waals surface area contributed by atoms with E-state index in [1.54, 1.807) is 0 Å². The highest BCUT2D eigenvalue weighted by Crippen LogP contribution is 2.24. The molecular weight excluding hydrogens is 316 g/mol. The van der Waals surface area contributed by atoms with Gasteiger partial charge in [-0.1, -0.05) is 43.7 Å². The Morgan fingerprint density at radius 3 is 2.60 bits per heavy atom. The molecule has 1 aromatic heterocycles. The van der Waals surface area contributed by atoms with Gasteiger partial charge in [-0.15, -0.1) is 0 Å². The van der Waals surface area contributed by atoms with Crippen LogP contribution in [0.25, 0.3) is 0 Å². The van der Waals surface area contributed by atoms with Crippen molar-refractivity contribution in [2.45, 2.75) is 32.7 Å². The van der Waals surface area contributed by atoms with E-state index in [1.807, 2.05) is 61.5 Å². The van der Waals surface area contributed by atoms with Crippen LogP contribution >= 0.6 is 0 Å². The number of ether oxygens (including phenoxy) is 1. The Labute approximate surface area is 146 Å². The van der Waals surface area contributed by atoms with Crippen molar-refractivity contribution in [3.8, 4) is 17.4 Å². The highest BCUT2D eigenvalue weighted by molar-refractivity contribution is 5.36. The van der Waals surface area contributed by atoms with Gasteiger partial charge in [0.15, 0.2) is 0 Å². The van der Waals surface area contributed by atoms with Gasteiger partial charge in [-0.05, 0) is 36.2 Å². The maximum Gasteiger partial charge on any atom is 0.328 e. The number of aromatic hydroxyl groups is 1. The number of benzene rings is 2. The second kappa shape index (κ2) is 7.75. The van der Waals surface area contributed by atoms with Gasteiger partial charge < -0.3 is 14.8 Å². The van der Waals surface area contributed by atoms with Crippen LogP contribution in [-0.2, 0) is 13.0 Å². The van der Waals surface area contributed by atoms with Crippen LogP contribution in [0.5, 0.6) is 17.4 Å². The highest BCUT2D eigenvalue weighted by atomic mass is 16.5. The lowest BCUT2D eigenvalue weighted by Crippen LogP contribution is -2.16. The lowest BCUT2D eigenvalue weighted by molar-refractivity contribution is 0.404. The van der Waals surface area contributed by atoms with Crippen molar-refractivity contribution in [1.29, 1.82) is 0 Å². The summed E-state index contributed by atoms with van der Waals surface area (Å²) in [5.41, 5.74) is 1.21. The molecule has 0 aliphatic rings. The van der Waals surface area contributed by atoms with E-state index >= 15 is 0 Å². The Morgan fingerprint density at radius 1 is 1.08 bits per heavy atom. The third kappa shape index (κ3) is 4.12. The number of aromatic amines is 1. The van der Waals surface area contributed by atoms with Crippen molar-refractivity contribution in [2.24, 2.45) is 0 Å². The Balaban J connectivity index is 1.77. The van der Waals surface area contributed by atoms with Gasteiger partial charge in [0.25, 0.3) is 0 Å². The van der Waals surface area contributed by atoms with Crippen molar-refractivity contribution in [3.05, 3.63) is 76.3 Å². The van der Waals surface area contributed by atoms with Gasteiger partial charge in [0.1, 0.15) is 11.5 Å². The molecule has 0 saturated heterocycles. The molecule has 5 heteroatoms. The van der Waals surface area contributed by atoms with Gasteiger partial charge in [0, 0.05) is 13.0 Å². The first-order chi connectivity index (χ1) is 12.2. The largest absolute Gasteiger partial charge is 0.493 e. The molecular formula is C20H22N2O3. The number of hydrogen-bond acceptors (Lipinski definition) is 3. The Kier molecular flexibility index (Phi) is 5.23.